The van der Waals surface area contributed by atoms with Crippen LogP contribution in [0.1, 0.15) is 11.3 Å². The summed E-state index contributed by atoms with van der Waals surface area (Å²) < 4.78 is 2.56. The van der Waals surface area contributed by atoms with E-state index in [1.165, 1.54) is 17.4 Å². The van der Waals surface area contributed by atoms with E-state index in [1.807, 2.05) is 37.3 Å². The molecule has 0 atom stereocenters. The summed E-state index contributed by atoms with van der Waals surface area (Å²) in [7, 11) is 0. The summed E-state index contributed by atoms with van der Waals surface area (Å²) in [5.74, 6) is 0.238. The number of aryl methyl sites for hydroxylation is 1. The molecule has 0 bridgehead atoms. The second-order valence-electron chi connectivity index (χ2n) is 6.01. The third-order valence-corrected chi connectivity index (χ3v) is 5.59. The molecule has 0 aliphatic carbocycles. The number of anilines is 1. The predicted octanol–water partition coefficient (Wildman–Crippen LogP) is 5.75. The zero-order valence-electron chi connectivity index (χ0n) is 14.7. The minimum Gasteiger partial charge on any atom is -0.307 e. The molecule has 2 aromatic heterocycles. The lowest BCUT2D eigenvalue weighted by atomic mass is 10.2. The van der Waals surface area contributed by atoms with Gasteiger partial charge < -0.3 is 5.32 Å². The Bertz CT molecular complexity index is 1210. The Morgan fingerprint density at radius 3 is 2.71 bits per heavy atom. The van der Waals surface area contributed by atoms with Crippen molar-refractivity contribution in [3.8, 4) is 5.13 Å². The van der Waals surface area contributed by atoms with Crippen LogP contribution in [0.15, 0.2) is 54.6 Å². The van der Waals surface area contributed by atoms with Gasteiger partial charge in [0.15, 0.2) is 0 Å². The topological polar surface area (TPSA) is 59.8 Å². The van der Waals surface area contributed by atoms with Gasteiger partial charge in [-0.3, -0.25) is 4.79 Å². The SMILES string of the molecule is Cc1cc(NC(=O)/C=C/c2ccccc2Cl)n(-c2nc3c(Cl)cccc3s2)n1. The van der Waals surface area contributed by atoms with E-state index in [2.05, 4.69) is 15.4 Å². The number of hydrogen-bond donors (Lipinski definition) is 1. The second-order valence-corrected chi connectivity index (χ2v) is 7.83. The first-order valence-corrected chi connectivity index (χ1v) is 9.94. The third kappa shape index (κ3) is 3.80. The van der Waals surface area contributed by atoms with Crippen molar-refractivity contribution in [3.05, 3.63) is 75.9 Å². The second kappa shape index (κ2) is 7.75. The van der Waals surface area contributed by atoms with E-state index in [1.54, 1.807) is 29.0 Å². The lowest BCUT2D eigenvalue weighted by Crippen LogP contribution is -2.12. The summed E-state index contributed by atoms with van der Waals surface area (Å²) in [6.07, 6.45) is 3.10. The molecule has 1 N–H and O–H groups in total. The normalized spacial score (nSPS) is 11.4. The fourth-order valence-electron chi connectivity index (χ4n) is 2.67. The summed E-state index contributed by atoms with van der Waals surface area (Å²) in [6, 6.07) is 14.7. The zero-order valence-corrected chi connectivity index (χ0v) is 17.0. The fourth-order valence-corrected chi connectivity index (χ4v) is 4.10. The number of fused-ring (bicyclic) bond motifs is 1. The third-order valence-electron chi connectivity index (χ3n) is 3.94. The average Bonchev–Trinajstić information content (AvgIpc) is 3.25. The molecule has 140 valence electrons. The maximum absolute atomic E-state index is 12.4. The number of amides is 1. The van der Waals surface area contributed by atoms with Gasteiger partial charge in [0.05, 0.1) is 15.4 Å². The van der Waals surface area contributed by atoms with Gasteiger partial charge in [0.2, 0.25) is 11.0 Å². The molecule has 0 unspecified atom stereocenters. The highest BCUT2D eigenvalue weighted by atomic mass is 35.5. The first kappa shape index (κ1) is 18.7. The molecule has 4 aromatic rings. The molecular weight excluding hydrogens is 415 g/mol. The number of aromatic nitrogens is 3. The van der Waals surface area contributed by atoms with Crippen molar-refractivity contribution in [1.82, 2.24) is 14.8 Å². The molecule has 1 amide bonds. The van der Waals surface area contributed by atoms with Gasteiger partial charge in [-0.1, -0.05) is 58.8 Å². The zero-order chi connectivity index (χ0) is 19.7. The molecule has 0 aliphatic rings. The predicted molar refractivity (Wildman–Crippen MR) is 116 cm³/mol. The Morgan fingerprint density at radius 1 is 1.14 bits per heavy atom. The van der Waals surface area contributed by atoms with Crippen LogP contribution in [0.2, 0.25) is 10.0 Å². The van der Waals surface area contributed by atoms with Crippen LogP contribution in [-0.4, -0.2) is 20.7 Å². The van der Waals surface area contributed by atoms with Gasteiger partial charge in [-0.15, -0.1) is 0 Å². The van der Waals surface area contributed by atoms with Crippen molar-refractivity contribution in [3.63, 3.8) is 0 Å². The van der Waals surface area contributed by atoms with Crippen molar-refractivity contribution >= 4 is 62.6 Å². The van der Waals surface area contributed by atoms with E-state index >= 15 is 0 Å². The molecule has 28 heavy (non-hydrogen) atoms. The lowest BCUT2D eigenvalue weighted by molar-refractivity contribution is -0.111. The Hall–Kier alpha value is -2.67. The molecule has 0 spiro atoms. The molecule has 2 aromatic carbocycles. The minimum absolute atomic E-state index is 0.291. The molecule has 0 aliphatic heterocycles. The molecule has 5 nitrogen and oxygen atoms in total. The number of hydrogen-bond acceptors (Lipinski definition) is 4. The number of benzene rings is 2. The number of halogens is 2. The van der Waals surface area contributed by atoms with Crippen LogP contribution in [0, 0.1) is 6.92 Å². The molecule has 4 rings (SSSR count). The van der Waals surface area contributed by atoms with E-state index in [9.17, 15) is 4.79 Å². The number of carbonyl (C=O) groups is 1. The van der Waals surface area contributed by atoms with Crippen molar-refractivity contribution in [2.24, 2.45) is 0 Å². The Labute approximate surface area is 175 Å². The van der Waals surface area contributed by atoms with Crippen molar-refractivity contribution < 1.29 is 4.79 Å². The van der Waals surface area contributed by atoms with E-state index in [4.69, 9.17) is 23.2 Å². The number of nitrogens with one attached hydrogen (secondary N) is 1. The molecule has 2 heterocycles. The van der Waals surface area contributed by atoms with E-state index in [-0.39, 0.29) is 5.91 Å². The Balaban J connectivity index is 1.61. The van der Waals surface area contributed by atoms with Gasteiger partial charge >= 0.3 is 0 Å². The first-order chi connectivity index (χ1) is 13.5. The maximum Gasteiger partial charge on any atom is 0.249 e. The molecule has 8 heteroatoms. The summed E-state index contributed by atoms with van der Waals surface area (Å²) >= 11 is 13.8. The monoisotopic (exact) mass is 428 g/mol. The van der Waals surface area contributed by atoms with Crippen LogP contribution < -0.4 is 5.32 Å². The standard InChI is InChI=1S/C20H14Cl2N4OS/c1-12-11-17(23-18(27)10-9-13-5-2-3-6-14(13)21)26(25-12)20-24-19-15(22)7-4-8-16(19)28-20/h2-11H,1H3,(H,23,27)/b10-9+. The smallest absolute Gasteiger partial charge is 0.249 e. The number of rotatable bonds is 4. The Morgan fingerprint density at radius 2 is 1.93 bits per heavy atom. The highest BCUT2D eigenvalue weighted by molar-refractivity contribution is 7.20. The maximum atomic E-state index is 12.4. The van der Waals surface area contributed by atoms with E-state index in [0.717, 1.165) is 16.0 Å². The van der Waals surface area contributed by atoms with Gasteiger partial charge in [0.1, 0.15) is 11.3 Å². The average molecular weight is 429 g/mol. The van der Waals surface area contributed by atoms with E-state index in [0.29, 0.717) is 26.5 Å². The number of nitrogens with zero attached hydrogens (tertiary/aromatic N) is 3. The minimum atomic E-state index is -0.291. The van der Waals surface area contributed by atoms with Gasteiger partial charge in [-0.2, -0.15) is 9.78 Å². The van der Waals surface area contributed by atoms with Crippen LogP contribution >= 0.6 is 34.5 Å². The summed E-state index contributed by atoms with van der Waals surface area (Å²) in [5.41, 5.74) is 2.24. The van der Waals surface area contributed by atoms with Crippen LogP contribution in [-0.2, 0) is 4.79 Å². The van der Waals surface area contributed by atoms with Crippen LogP contribution in [0.4, 0.5) is 5.82 Å². The summed E-state index contributed by atoms with van der Waals surface area (Å²) in [6.45, 7) is 1.85. The molecule has 0 fully saturated rings. The van der Waals surface area contributed by atoms with Crippen LogP contribution in [0.3, 0.4) is 0 Å². The molecule has 0 saturated carbocycles. The highest BCUT2D eigenvalue weighted by Gasteiger charge is 2.14. The largest absolute Gasteiger partial charge is 0.307 e. The van der Waals surface area contributed by atoms with Gasteiger partial charge in [-0.05, 0) is 36.8 Å². The first-order valence-electron chi connectivity index (χ1n) is 8.37. The lowest BCUT2D eigenvalue weighted by Gasteiger charge is -2.04. The Kier molecular flexibility index (Phi) is 5.17. The number of para-hydroxylation sites is 1. The van der Waals surface area contributed by atoms with Gasteiger partial charge in [0, 0.05) is 17.2 Å². The molecule has 0 saturated heterocycles. The molecular formula is C20H14Cl2N4OS. The fraction of sp³-hybridized carbons (Fsp3) is 0.0500. The highest BCUT2D eigenvalue weighted by Crippen LogP contribution is 2.31. The van der Waals surface area contributed by atoms with Crippen LogP contribution in [0.25, 0.3) is 21.4 Å². The summed E-state index contributed by atoms with van der Waals surface area (Å²) in [5, 5.41) is 9.09. The summed E-state index contributed by atoms with van der Waals surface area (Å²) in [4.78, 5) is 17.0. The quantitative estimate of drug-likeness (QED) is 0.421. The number of thiazole rings is 1. The molecule has 0 radical (unpaired) electrons. The van der Waals surface area contributed by atoms with Crippen LogP contribution in [0.5, 0.6) is 0 Å². The van der Waals surface area contributed by atoms with Gasteiger partial charge in [0.25, 0.3) is 0 Å². The van der Waals surface area contributed by atoms with Crippen molar-refractivity contribution in [2.45, 2.75) is 6.92 Å². The van der Waals surface area contributed by atoms with Gasteiger partial charge in [-0.25, -0.2) is 4.98 Å². The number of carbonyl (C=O) groups excluding carboxylic acids is 1. The van der Waals surface area contributed by atoms with Crippen molar-refractivity contribution in [2.75, 3.05) is 5.32 Å². The van der Waals surface area contributed by atoms with E-state index < -0.39 is 0 Å². The van der Waals surface area contributed by atoms with Crippen molar-refractivity contribution in [1.29, 1.82) is 0 Å².